The van der Waals surface area contributed by atoms with Crippen LogP contribution >= 0.6 is 15.9 Å². The number of nitrogens with one attached hydrogen (secondary N) is 1. The summed E-state index contributed by atoms with van der Waals surface area (Å²) in [5, 5.41) is 2.79. The van der Waals surface area contributed by atoms with E-state index < -0.39 is 15.9 Å². The van der Waals surface area contributed by atoms with E-state index in [4.69, 9.17) is 9.47 Å². The van der Waals surface area contributed by atoms with Crippen molar-refractivity contribution in [3.63, 3.8) is 0 Å². The first-order chi connectivity index (χ1) is 15.3. The molecule has 4 rings (SSSR count). The van der Waals surface area contributed by atoms with Gasteiger partial charge in [-0.2, -0.15) is 0 Å². The zero-order valence-corrected chi connectivity index (χ0v) is 19.9. The van der Waals surface area contributed by atoms with Crippen molar-refractivity contribution in [3.8, 4) is 22.6 Å². The number of nitrogens with zero attached hydrogens (tertiary/aromatic N) is 1. The average molecular weight is 517 g/mol. The third-order valence-corrected chi connectivity index (χ3v) is 7.51. The number of halogens is 1. The quantitative estimate of drug-likeness (QED) is 0.535. The van der Waals surface area contributed by atoms with E-state index in [0.29, 0.717) is 22.7 Å². The fourth-order valence-electron chi connectivity index (χ4n) is 3.65. The molecular weight excluding hydrogens is 496 g/mol. The van der Waals surface area contributed by atoms with Gasteiger partial charge in [0.2, 0.25) is 5.91 Å². The Labute approximate surface area is 195 Å². The SMILES string of the molecule is COc1ccc(CNC(=O)CN2c3ccc(Br)cc3-c3ccccc3S2(=O)=O)cc1OC. The Morgan fingerprint density at radius 3 is 2.47 bits per heavy atom. The van der Waals surface area contributed by atoms with E-state index in [-0.39, 0.29) is 18.0 Å². The van der Waals surface area contributed by atoms with E-state index in [9.17, 15) is 13.2 Å². The molecule has 1 heterocycles. The molecule has 0 aliphatic carbocycles. The molecule has 9 heteroatoms. The molecule has 0 unspecified atom stereocenters. The molecule has 1 amide bonds. The molecule has 1 N–H and O–H groups in total. The smallest absolute Gasteiger partial charge is 0.265 e. The van der Waals surface area contributed by atoms with Crippen LogP contribution < -0.4 is 19.1 Å². The van der Waals surface area contributed by atoms with Gasteiger partial charge in [0, 0.05) is 22.1 Å². The van der Waals surface area contributed by atoms with Crippen LogP contribution in [0.15, 0.2) is 70.0 Å². The van der Waals surface area contributed by atoms with Crippen LogP contribution in [0.4, 0.5) is 5.69 Å². The molecule has 0 spiro atoms. The maximum atomic E-state index is 13.3. The number of carbonyl (C=O) groups is 1. The van der Waals surface area contributed by atoms with E-state index in [1.807, 2.05) is 12.1 Å². The van der Waals surface area contributed by atoms with Crippen LogP contribution in [0.1, 0.15) is 5.56 Å². The first-order valence-corrected chi connectivity index (χ1v) is 12.0. The van der Waals surface area contributed by atoms with Crippen LogP contribution in [0.2, 0.25) is 0 Å². The highest BCUT2D eigenvalue weighted by Crippen LogP contribution is 2.43. The van der Waals surface area contributed by atoms with Gasteiger partial charge in [-0.1, -0.05) is 40.2 Å². The lowest BCUT2D eigenvalue weighted by molar-refractivity contribution is -0.119. The Hall–Kier alpha value is -3.04. The van der Waals surface area contributed by atoms with Gasteiger partial charge in [-0.3, -0.25) is 9.10 Å². The van der Waals surface area contributed by atoms with E-state index >= 15 is 0 Å². The highest BCUT2D eigenvalue weighted by molar-refractivity contribution is 9.10. The van der Waals surface area contributed by atoms with Crippen LogP contribution in [0, 0.1) is 0 Å². The van der Waals surface area contributed by atoms with E-state index in [1.165, 1.54) is 7.11 Å². The highest BCUT2D eigenvalue weighted by Gasteiger charge is 2.35. The first kappa shape index (κ1) is 22.2. The molecule has 3 aromatic rings. The van der Waals surface area contributed by atoms with Gasteiger partial charge >= 0.3 is 0 Å². The molecule has 0 saturated heterocycles. The molecule has 1 aliphatic rings. The standard InChI is InChI=1S/C23H21BrN2O5S/c1-30-20-10-7-15(11-21(20)31-2)13-25-23(27)14-26-19-9-8-16(24)12-18(19)17-5-3-4-6-22(17)32(26,28)29/h3-12H,13-14H2,1-2H3,(H,25,27). The fourth-order valence-corrected chi connectivity index (χ4v) is 5.66. The van der Waals surface area contributed by atoms with Crippen molar-refractivity contribution in [2.75, 3.05) is 25.1 Å². The second-order valence-corrected chi connectivity index (χ2v) is 9.88. The number of amides is 1. The number of hydrogen-bond donors (Lipinski definition) is 1. The van der Waals surface area contributed by atoms with Crippen molar-refractivity contribution in [2.45, 2.75) is 11.4 Å². The van der Waals surface area contributed by atoms with Gasteiger partial charge in [-0.05, 0) is 42.0 Å². The number of methoxy groups -OCH3 is 2. The van der Waals surface area contributed by atoms with Crippen molar-refractivity contribution in [2.24, 2.45) is 0 Å². The highest BCUT2D eigenvalue weighted by atomic mass is 79.9. The molecule has 0 atom stereocenters. The second-order valence-electron chi connectivity index (χ2n) is 7.14. The molecule has 7 nitrogen and oxygen atoms in total. The number of fused-ring (bicyclic) bond motifs is 3. The Balaban J connectivity index is 1.58. The number of rotatable bonds is 6. The van der Waals surface area contributed by atoms with Gasteiger partial charge < -0.3 is 14.8 Å². The van der Waals surface area contributed by atoms with Gasteiger partial charge in [0.05, 0.1) is 24.8 Å². The molecule has 32 heavy (non-hydrogen) atoms. The predicted molar refractivity (Wildman–Crippen MR) is 126 cm³/mol. The van der Waals surface area contributed by atoms with Crippen molar-refractivity contribution >= 4 is 37.5 Å². The van der Waals surface area contributed by atoms with Crippen molar-refractivity contribution in [1.82, 2.24) is 5.32 Å². The van der Waals surface area contributed by atoms with E-state index in [2.05, 4.69) is 21.2 Å². The van der Waals surface area contributed by atoms with Gasteiger partial charge in [0.15, 0.2) is 11.5 Å². The predicted octanol–water partition coefficient (Wildman–Crippen LogP) is 3.96. The Bertz CT molecular complexity index is 1290. The molecule has 0 fully saturated rings. The summed E-state index contributed by atoms with van der Waals surface area (Å²) in [5.74, 6) is 0.717. The largest absolute Gasteiger partial charge is 0.493 e. The minimum absolute atomic E-state index is 0.179. The molecule has 166 valence electrons. The molecular formula is C23H21BrN2O5S. The number of benzene rings is 3. The number of sulfonamides is 1. The molecule has 0 saturated carbocycles. The summed E-state index contributed by atoms with van der Waals surface area (Å²) in [7, 11) is -0.801. The minimum atomic E-state index is -3.89. The molecule has 0 bridgehead atoms. The van der Waals surface area contributed by atoms with Crippen molar-refractivity contribution in [3.05, 3.63) is 70.7 Å². The zero-order chi connectivity index (χ0) is 22.9. The van der Waals surface area contributed by atoms with Gasteiger partial charge in [-0.15, -0.1) is 0 Å². The zero-order valence-electron chi connectivity index (χ0n) is 17.5. The molecule has 0 aromatic heterocycles. The summed E-state index contributed by atoms with van der Waals surface area (Å²) in [4.78, 5) is 12.9. The fraction of sp³-hybridized carbons (Fsp3) is 0.174. The van der Waals surface area contributed by atoms with Crippen LogP contribution in [0.5, 0.6) is 11.5 Å². The van der Waals surface area contributed by atoms with Crippen LogP contribution in [-0.2, 0) is 21.4 Å². The van der Waals surface area contributed by atoms with Crippen molar-refractivity contribution in [1.29, 1.82) is 0 Å². The van der Waals surface area contributed by atoms with E-state index in [1.54, 1.807) is 55.6 Å². The first-order valence-electron chi connectivity index (χ1n) is 9.74. The van der Waals surface area contributed by atoms with Gasteiger partial charge in [0.25, 0.3) is 10.0 Å². The van der Waals surface area contributed by atoms with Crippen LogP contribution in [-0.4, -0.2) is 35.1 Å². The maximum absolute atomic E-state index is 13.3. The minimum Gasteiger partial charge on any atom is -0.493 e. The topological polar surface area (TPSA) is 84.9 Å². The Kier molecular flexibility index (Phi) is 6.12. The lowest BCUT2D eigenvalue weighted by atomic mass is 10.0. The summed E-state index contributed by atoms with van der Waals surface area (Å²) in [6, 6.07) is 17.4. The lowest BCUT2D eigenvalue weighted by Gasteiger charge is -2.31. The van der Waals surface area contributed by atoms with Crippen molar-refractivity contribution < 1.29 is 22.7 Å². The Morgan fingerprint density at radius 2 is 1.72 bits per heavy atom. The number of ether oxygens (including phenoxy) is 2. The summed E-state index contributed by atoms with van der Waals surface area (Å²) < 4.78 is 39.1. The number of anilines is 1. The summed E-state index contributed by atoms with van der Waals surface area (Å²) in [6.07, 6.45) is 0. The monoisotopic (exact) mass is 516 g/mol. The molecule has 3 aromatic carbocycles. The third-order valence-electron chi connectivity index (χ3n) is 5.20. The summed E-state index contributed by atoms with van der Waals surface area (Å²) in [6.45, 7) is -0.116. The van der Waals surface area contributed by atoms with Crippen LogP contribution in [0.25, 0.3) is 11.1 Å². The summed E-state index contributed by atoms with van der Waals surface area (Å²) in [5.41, 5.74) is 2.63. The average Bonchev–Trinajstić information content (AvgIpc) is 2.80. The lowest BCUT2D eigenvalue weighted by Crippen LogP contribution is -2.42. The number of hydrogen-bond acceptors (Lipinski definition) is 5. The molecule has 0 radical (unpaired) electrons. The van der Waals surface area contributed by atoms with Gasteiger partial charge in [0.1, 0.15) is 6.54 Å². The van der Waals surface area contributed by atoms with Crippen LogP contribution in [0.3, 0.4) is 0 Å². The normalized spacial score (nSPS) is 13.7. The summed E-state index contributed by atoms with van der Waals surface area (Å²) >= 11 is 3.45. The number of carbonyl (C=O) groups excluding carboxylic acids is 1. The molecule has 1 aliphatic heterocycles. The van der Waals surface area contributed by atoms with E-state index in [0.717, 1.165) is 19.9 Å². The maximum Gasteiger partial charge on any atom is 0.265 e. The Morgan fingerprint density at radius 1 is 0.969 bits per heavy atom. The van der Waals surface area contributed by atoms with Gasteiger partial charge in [-0.25, -0.2) is 8.42 Å². The second kappa shape index (κ2) is 8.84. The third kappa shape index (κ3) is 4.05.